The van der Waals surface area contributed by atoms with Crippen molar-refractivity contribution in [3.63, 3.8) is 0 Å². The molecule has 0 spiro atoms. The summed E-state index contributed by atoms with van der Waals surface area (Å²) >= 11 is 29.5. The summed E-state index contributed by atoms with van der Waals surface area (Å²) in [5, 5.41) is 0. The van der Waals surface area contributed by atoms with E-state index in [1.807, 2.05) is 17.8 Å². The van der Waals surface area contributed by atoms with Crippen molar-refractivity contribution in [3.8, 4) is 0 Å². The minimum atomic E-state index is -0.103. The van der Waals surface area contributed by atoms with Gasteiger partial charge in [0.2, 0.25) is 0 Å². The predicted molar refractivity (Wildman–Crippen MR) is 191 cm³/mol. The highest BCUT2D eigenvalue weighted by Crippen LogP contribution is 2.43. The second-order valence-corrected chi connectivity index (χ2v) is 15.0. The molecule has 4 nitrogen and oxygen atoms in total. The van der Waals surface area contributed by atoms with Crippen molar-refractivity contribution in [2.45, 2.75) is 90.1 Å². The Balaban J connectivity index is 1.28. The molecule has 0 N–H and O–H groups in total. The van der Waals surface area contributed by atoms with Crippen molar-refractivity contribution in [2.75, 3.05) is 37.9 Å². The van der Waals surface area contributed by atoms with E-state index in [-0.39, 0.29) is 17.0 Å². The summed E-state index contributed by atoms with van der Waals surface area (Å²) in [6.45, 7) is 11.9. The number of hydrogen-bond donors (Lipinski definition) is 1. The third-order valence-electron chi connectivity index (χ3n) is 8.26. The van der Waals surface area contributed by atoms with Gasteiger partial charge in [0.1, 0.15) is 9.98 Å². The molecule has 1 fully saturated rings. The average Bonchev–Trinajstić information content (AvgIpc) is 3.37. The molecule has 3 atom stereocenters. The van der Waals surface area contributed by atoms with Crippen LogP contribution in [0.25, 0.3) is 0 Å². The summed E-state index contributed by atoms with van der Waals surface area (Å²) in [6.07, 6.45) is 14.2. The van der Waals surface area contributed by atoms with Crippen LogP contribution in [0.2, 0.25) is 0 Å². The van der Waals surface area contributed by atoms with Crippen LogP contribution >= 0.6 is 73.3 Å². The summed E-state index contributed by atoms with van der Waals surface area (Å²) in [6, 6.07) is 0. The maximum Gasteiger partial charge on any atom is 0.108 e. The van der Waals surface area contributed by atoms with Gasteiger partial charge >= 0.3 is 0 Å². The van der Waals surface area contributed by atoms with Crippen molar-refractivity contribution in [1.82, 2.24) is 9.80 Å². The van der Waals surface area contributed by atoms with E-state index in [1.54, 1.807) is 0 Å². The van der Waals surface area contributed by atoms with E-state index in [1.165, 1.54) is 4.91 Å². The molecule has 0 saturated carbocycles. The van der Waals surface area contributed by atoms with Crippen molar-refractivity contribution >= 4 is 93.2 Å². The molecule has 0 aromatic heterocycles. The lowest BCUT2D eigenvalue weighted by Gasteiger charge is -2.45. The lowest BCUT2D eigenvalue weighted by Crippen LogP contribution is -2.54. The Morgan fingerprint density at radius 3 is 2.23 bits per heavy atom. The Morgan fingerprint density at radius 1 is 0.925 bits per heavy atom. The van der Waals surface area contributed by atoms with Crippen LogP contribution in [0.4, 0.5) is 0 Å². The van der Waals surface area contributed by atoms with Crippen LogP contribution < -0.4 is 0 Å². The van der Waals surface area contributed by atoms with Gasteiger partial charge < -0.3 is 19.3 Å². The molecule has 0 bridgehead atoms. The second-order valence-electron chi connectivity index (χ2n) is 11.7. The van der Waals surface area contributed by atoms with E-state index >= 15 is 0 Å². The summed E-state index contributed by atoms with van der Waals surface area (Å²) in [5.41, 5.74) is -0.196. The lowest BCUT2D eigenvalue weighted by molar-refractivity contribution is 0.0730. The number of fused-ring (bicyclic) bond motifs is 1. The van der Waals surface area contributed by atoms with Crippen LogP contribution in [0.1, 0.15) is 79.1 Å². The van der Waals surface area contributed by atoms with Gasteiger partial charge in [-0.2, -0.15) is 12.6 Å². The summed E-state index contributed by atoms with van der Waals surface area (Å²) < 4.78 is 11.9. The third-order valence-corrected chi connectivity index (χ3v) is 11.3. The molecule has 3 aliphatic heterocycles. The number of rotatable bonds is 17. The monoisotopic (exact) mass is 658 g/mol. The zero-order valence-electron chi connectivity index (χ0n) is 24.5. The van der Waals surface area contributed by atoms with Crippen molar-refractivity contribution in [3.05, 3.63) is 23.1 Å². The lowest BCUT2D eigenvalue weighted by atomic mass is 9.87. The molecule has 3 heterocycles. The van der Waals surface area contributed by atoms with Crippen LogP contribution in [0, 0.1) is 11.8 Å². The van der Waals surface area contributed by atoms with Crippen LogP contribution in [-0.4, -0.2) is 78.8 Å². The molecule has 0 aromatic rings. The van der Waals surface area contributed by atoms with Crippen LogP contribution in [0.5, 0.6) is 0 Å². The standard InChI is InChI=1S/C30H46N2O2S6/c1-5-30(4,32-25(36)10-9-22(11-19-35)27(32)38)14-7-16-34-18-8-17-33-15-6-13-29(2,3)31-26(37)21-24-23(28(31)39)12-20-40-24/h9-10,21-23,35H,5-8,11-20H2,1-4H3. The molecule has 3 unspecified atom stereocenters. The topological polar surface area (TPSA) is 24.9 Å². The van der Waals surface area contributed by atoms with E-state index in [4.69, 9.17) is 58.3 Å². The molecular weight excluding hydrogens is 613 g/mol. The molecule has 10 heteroatoms. The molecule has 224 valence electrons. The van der Waals surface area contributed by atoms with Crippen molar-refractivity contribution < 1.29 is 9.47 Å². The number of thioether (sulfide) groups is 1. The van der Waals surface area contributed by atoms with E-state index < -0.39 is 0 Å². The Hall–Kier alpha value is 0.0600. The second kappa shape index (κ2) is 16.2. The van der Waals surface area contributed by atoms with Gasteiger partial charge in [0.15, 0.2) is 0 Å². The highest BCUT2D eigenvalue weighted by Gasteiger charge is 2.40. The molecule has 0 aliphatic carbocycles. The summed E-state index contributed by atoms with van der Waals surface area (Å²) in [4.78, 5) is 9.43. The number of thiocarbonyl (C=S) groups is 4. The van der Waals surface area contributed by atoms with Gasteiger partial charge in [-0.15, -0.1) is 11.8 Å². The Morgan fingerprint density at radius 2 is 1.57 bits per heavy atom. The first-order valence-electron chi connectivity index (χ1n) is 14.6. The molecule has 40 heavy (non-hydrogen) atoms. The number of nitrogens with zero attached hydrogens (tertiary/aromatic N) is 2. The third kappa shape index (κ3) is 8.80. The Labute approximate surface area is 273 Å². The van der Waals surface area contributed by atoms with Crippen molar-refractivity contribution in [1.29, 1.82) is 0 Å². The van der Waals surface area contributed by atoms with E-state index in [0.717, 1.165) is 96.0 Å². The van der Waals surface area contributed by atoms with Crippen LogP contribution in [-0.2, 0) is 9.47 Å². The Bertz CT molecular complexity index is 997. The molecule has 1 saturated heterocycles. The number of thiol groups is 1. The van der Waals surface area contributed by atoms with Gasteiger partial charge in [0, 0.05) is 49.3 Å². The van der Waals surface area contributed by atoms with E-state index in [0.29, 0.717) is 19.1 Å². The fourth-order valence-corrected chi connectivity index (χ4v) is 9.41. The van der Waals surface area contributed by atoms with Gasteiger partial charge in [0.25, 0.3) is 0 Å². The molecule has 3 aliphatic rings. The quantitative estimate of drug-likeness (QED) is 0.0948. The maximum atomic E-state index is 5.94. The molecule has 3 rings (SSSR count). The minimum absolute atomic E-state index is 0.0929. The number of ether oxygens (including phenoxy) is 2. The molecular formula is C30H46N2O2S6. The van der Waals surface area contributed by atoms with Gasteiger partial charge in [0.05, 0.1) is 9.98 Å². The predicted octanol–water partition coefficient (Wildman–Crippen LogP) is 7.99. The summed E-state index contributed by atoms with van der Waals surface area (Å²) in [5.74, 6) is 2.57. The van der Waals surface area contributed by atoms with E-state index in [9.17, 15) is 0 Å². The fourth-order valence-electron chi connectivity index (χ4n) is 5.68. The fraction of sp³-hybridized carbons (Fsp3) is 0.733. The normalized spacial score (nSPS) is 23.1. The largest absolute Gasteiger partial charge is 0.381 e. The first kappa shape index (κ1) is 34.5. The number of hydrogen-bond acceptors (Lipinski definition) is 8. The zero-order valence-corrected chi connectivity index (χ0v) is 29.5. The molecule has 0 amide bonds. The molecule has 0 radical (unpaired) electrons. The average molecular weight is 659 g/mol. The Kier molecular flexibility index (Phi) is 14.0. The maximum absolute atomic E-state index is 5.94. The van der Waals surface area contributed by atoms with Gasteiger partial charge in [-0.25, -0.2) is 0 Å². The van der Waals surface area contributed by atoms with Gasteiger partial charge in [-0.05, 0) is 101 Å². The minimum Gasteiger partial charge on any atom is -0.381 e. The van der Waals surface area contributed by atoms with Crippen LogP contribution in [0.3, 0.4) is 0 Å². The smallest absolute Gasteiger partial charge is 0.108 e. The highest BCUT2D eigenvalue weighted by atomic mass is 32.2. The van der Waals surface area contributed by atoms with E-state index in [2.05, 4.69) is 62.3 Å². The van der Waals surface area contributed by atoms with Crippen molar-refractivity contribution in [2.24, 2.45) is 11.8 Å². The van der Waals surface area contributed by atoms with Crippen LogP contribution in [0.15, 0.2) is 23.1 Å². The first-order chi connectivity index (χ1) is 19.1. The molecule has 0 aromatic carbocycles. The first-order valence-corrected chi connectivity index (χ1v) is 17.9. The zero-order chi connectivity index (χ0) is 29.3. The highest BCUT2D eigenvalue weighted by molar-refractivity contribution is 8.03. The summed E-state index contributed by atoms with van der Waals surface area (Å²) in [7, 11) is 0. The van der Waals surface area contributed by atoms with Gasteiger partial charge in [-0.3, -0.25) is 0 Å². The van der Waals surface area contributed by atoms with Gasteiger partial charge in [-0.1, -0.05) is 61.9 Å². The SMILES string of the molecule is CCC(C)(CCCOCCCOCCCC(C)(C)N1C(=S)C=C2SCCC2C1=S)N1C(=S)C=CC(CCS)C1=S.